The van der Waals surface area contributed by atoms with Gasteiger partial charge in [-0.25, -0.2) is 4.98 Å². The van der Waals surface area contributed by atoms with E-state index in [4.69, 9.17) is 0 Å². The highest BCUT2D eigenvalue weighted by atomic mass is 16.2. The van der Waals surface area contributed by atoms with Crippen LogP contribution in [0.25, 0.3) is 11.4 Å². The van der Waals surface area contributed by atoms with E-state index in [2.05, 4.69) is 31.1 Å². The highest BCUT2D eigenvalue weighted by Crippen LogP contribution is 2.22. The van der Waals surface area contributed by atoms with E-state index in [1.807, 2.05) is 26.0 Å². The van der Waals surface area contributed by atoms with Crippen molar-refractivity contribution in [1.82, 2.24) is 20.5 Å². The number of amides is 3. The number of para-hydroxylation sites is 1. The second-order valence-electron chi connectivity index (χ2n) is 7.93. The zero-order valence-electron chi connectivity index (χ0n) is 17.8. The van der Waals surface area contributed by atoms with Crippen molar-refractivity contribution < 1.29 is 14.4 Å². The Kier molecular flexibility index (Phi) is 5.98. The average Bonchev–Trinajstić information content (AvgIpc) is 3.23. The molecule has 0 unspecified atom stereocenters. The predicted octanol–water partition coefficient (Wildman–Crippen LogP) is 3.06. The number of anilines is 2. The summed E-state index contributed by atoms with van der Waals surface area (Å²) in [6.07, 6.45) is 0.243. The first-order valence-corrected chi connectivity index (χ1v) is 10.4. The van der Waals surface area contributed by atoms with Gasteiger partial charge >= 0.3 is 0 Å². The summed E-state index contributed by atoms with van der Waals surface area (Å²) >= 11 is 0. The third-order valence-electron chi connectivity index (χ3n) is 5.17. The molecule has 164 valence electrons. The Morgan fingerprint density at radius 1 is 1.12 bits per heavy atom. The predicted molar refractivity (Wildman–Crippen MR) is 120 cm³/mol. The normalized spacial score (nSPS) is 15.5. The number of hydrogen-bond acceptors (Lipinski definition) is 5. The van der Waals surface area contributed by atoms with Gasteiger partial charge in [0.05, 0.1) is 11.3 Å². The Balaban J connectivity index is 1.37. The minimum atomic E-state index is -0.797. The summed E-state index contributed by atoms with van der Waals surface area (Å²) in [6.45, 7) is 4.05. The molecule has 0 spiro atoms. The molecule has 0 radical (unpaired) electrons. The molecule has 3 amide bonds. The lowest BCUT2D eigenvalue weighted by molar-refractivity contribution is -0.118. The Morgan fingerprint density at radius 3 is 2.72 bits per heavy atom. The fourth-order valence-corrected chi connectivity index (χ4v) is 3.41. The van der Waals surface area contributed by atoms with E-state index >= 15 is 0 Å². The van der Waals surface area contributed by atoms with Crippen LogP contribution in [0.4, 0.5) is 11.4 Å². The SMILES string of the molecule is CC(C)c1nc(-c2cccc(NC(=O)CC[C@@H]3NC(=O)c4ccccc4NC3=O)c2)n[nH]1. The fraction of sp³-hybridized carbons (Fsp3) is 0.261. The molecular formula is C23H24N6O3. The first-order chi connectivity index (χ1) is 15.4. The molecular weight excluding hydrogens is 408 g/mol. The third-order valence-corrected chi connectivity index (χ3v) is 5.17. The maximum Gasteiger partial charge on any atom is 0.254 e. The van der Waals surface area contributed by atoms with Crippen LogP contribution in [0.2, 0.25) is 0 Å². The van der Waals surface area contributed by atoms with Crippen LogP contribution in [-0.2, 0) is 9.59 Å². The Labute approximate surface area is 185 Å². The maximum absolute atomic E-state index is 12.5. The van der Waals surface area contributed by atoms with Crippen molar-refractivity contribution in [3.05, 3.63) is 59.9 Å². The standard InChI is InChI=1S/C23H24N6O3/c1-13(2)20-27-21(29-28-20)14-6-5-7-15(12-14)24-19(30)11-10-18-23(32)25-17-9-4-3-8-16(17)22(31)26-18/h3-9,12-13,18H,10-11H2,1-2H3,(H,24,30)(H,25,32)(H,26,31)(H,27,28,29)/t18-/m0/s1. The Bertz CT molecular complexity index is 1170. The molecule has 0 saturated carbocycles. The number of hydrogen-bond donors (Lipinski definition) is 4. The van der Waals surface area contributed by atoms with Gasteiger partial charge < -0.3 is 16.0 Å². The van der Waals surface area contributed by atoms with Gasteiger partial charge in [-0.1, -0.05) is 38.1 Å². The zero-order valence-corrected chi connectivity index (χ0v) is 17.8. The van der Waals surface area contributed by atoms with Gasteiger partial charge in [0, 0.05) is 23.6 Å². The summed E-state index contributed by atoms with van der Waals surface area (Å²) in [5.41, 5.74) is 2.24. The molecule has 1 aliphatic heterocycles. The van der Waals surface area contributed by atoms with Crippen molar-refractivity contribution in [3.8, 4) is 11.4 Å². The average molecular weight is 432 g/mol. The van der Waals surface area contributed by atoms with Crippen LogP contribution in [0.15, 0.2) is 48.5 Å². The van der Waals surface area contributed by atoms with Crippen molar-refractivity contribution in [1.29, 1.82) is 0 Å². The minimum Gasteiger partial charge on any atom is -0.340 e. The highest BCUT2D eigenvalue weighted by molar-refractivity contribution is 6.10. The molecule has 0 fully saturated rings. The smallest absolute Gasteiger partial charge is 0.254 e. The monoisotopic (exact) mass is 432 g/mol. The van der Waals surface area contributed by atoms with E-state index in [-0.39, 0.29) is 36.5 Å². The van der Waals surface area contributed by atoms with Gasteiger partial charge in [-0.05, 0) is 30.7 Å². The molecule has 2 aromatic carbocycles. The largest absolute Gasteiger partial charge is 0.340 e. The van der Waals surface area contributed by atoms with E-state index in [1.165, 1.54) is 0 Å². The lowest BCUT2D eigenvalue weighted by Crippen LogP contribution is -2.41. The van der Waals surface area contributed by atoms with Crippen molar-refractivity contribution in [2.45, 2.75) is 38.6 Å². The van der Waals surface area contributed by atoms with Crippen molar-refractivity contribution in [2.24, 2.45) is 0 Å². The fourth-order valence-electron chi connectivity index (χ4n) is 3.41. The second kappa shape index (κ2) is 9.01. The topological polar surface area (TPSA) is 129 Å². The van der Waals surface area contributed by atoms with Crippen molar-refractivity contribution in [3.63, 3.8) is 0 Å². The number of aromatic amines is 1. The lowest BCUT2D eigenvalue weighted by Gasteiger charge is -2.14. The summed E-state index contributed by atoms with van der Waals surface area (Å²) in [4.78, 5) is 41.8. The molecule has 0 bridgehead atoms. The number of aromatic nitrogens is 3. The van der Waals surface area contributed by atoms with E-state index in [1.54, 1.807) is 36.4 Å². The first kappa shape index (κ1) is 21.2. The van der Waals surface area contributed by atoms with Gasteiger partial charge in [-0.15, -0.1) is 0 Å². The summed E-state index contributed by atoms with van der Waals surface area (Å²) in [5.74, 6) is 0.632. The Hall–Kier alpha value is -4.01. The number of nitrogens with zero attached hydrogens (tertiary/aromatic N) is 2. The van der Waals surface area contributed by atoms with Crippen LogP contribution in [-0.4, -0.2) is 38.9 Å². The van der Waals surface area contributed by atoms with Gasteiger partial charge in [0.1, 0.15) is 11.9 Å². The zero-order chi connectivity index (χ0) is 22.7. The number of benzene rings is 2. The molecule has 1 atom stereocenters. The number of H-pyrrole nitrogens is 1. The lowest BCUT2D eigenvalue weighted by atomic mass is 10.1. The quantitative estimate of drug-likeness (QED) is 0.476. The van der Waals surface area contributed by atoms with Crippen LogP contribution in [0, 0.1) is 0 Å². The van der Waals surface area contributed by atoms with E-state index in [0.29, 0.717) is 22.8 Å². The van der Waals surface area contributed by atoms with Crippen LogP contribution in [0.3, 0.4) is 0 Å². The molecule has 9 heteroatoms. The molecule has 4 rings (SSSR count). The number of carbonyl (C=O) groups excluding carboxylic acids is 3. The highest BCUT2D eigenvalue weighted by Gasteiger charge is 2.27. The van der Waals surface area contributed by atoms with E-state index in [0.717, 1.165) is 11.4 Å². The van der Waals surface area contributed by atoms with E-state index < -0.39 is 6.04 Å². The summed E-state index contributed by atoms with van der Waals surface area (Å²) in [7, 11) is 0. The van der Waals surface area contributed by atoms with Gasteiger partial charge in [0.25, 0.3) is 5.91 Å². The van der Waals surface area contributed by atoms with Crippen LogP contribution >= 0.6 is 0 Å². The molecule has 1 aliphatic rings. The van der Waals surface area contributed by atoms with Crippen LogP contribution < -0.4 is 16.0 Å². The number of nitrogens with one attached hydrogen (secondary N) is 4. The molecule has 0 saturated heterocycles. The number of rotatable bonds is 6. The molecule has 1 aromatic heterocycles. The van der Waals surface area contributed by atoms with Crippen LogP contribution in [0.1, 0.15) is 48.8 Å². The number of carbonyl (C=O) groups is 3. The van der Waals surface area contributed by atoms with Gasteiger partial charge in [-0.3, -0.25) is 19.5 Å². The van der Waals surface area contributed by atoms with Gasteiger partial charge in [0.2, 0.25) is 11.8 Å². The minimum absolute atomic E-state index is 0.0666. The first-order valence-electron chi connectivity index (χ1n) is 10.4. The molecule has 9 nitrogen and oxygen atoms in total. The maximum atomic E-state index is 12.5. The van der Waals surface area contributed by atoms with Gasteiger partial charge in [0.15, 0.2) is 5.82 Å². The van der Waals surface area contributed by atoms with Gasteiger partial charge in [-0.2, -0.15) is 5.10 Å². The molecule has 32 heavy (non-hydrogen) atoms. The van der Waals surface area contributed by atoms with Crippen molar-refractivity contribution >= 4 is 29.1 Å². The summed E-state index contributed by atoms with van der Waals surface area (Å²) in [5, 5.41) is 15.4. The van der Waals surface area contributed by atoms with Crippen LogP contribution in [0.5, 0.6) is 0 Å². The molecule has 3 aromatic rings. The molecule has 4 N–H and O–H groups in total. The number of fused-ring (bicyclic) bond motifs is 1. The van der Waals surface area contributed by atoms with E-state index in [9.17, 15) is 14.4 Å². The Morgan fingerprint density at radius 2 is 1.94 bits per heavy atom. The van der Waals surface area contributed by atoms with Crippen molar-refractivity contribution in [2.75, 3.05) is 10.6 Å². The third kappa shape index (κ3) is 4.66. The molecule has 2 heterocycles. The summed E-state index contributed by atoms with van der Waals surface area (Å²) in [6, 6.07) is 13.2. The summed E-state index contributed by atoms with van der Waals surface area (Å²) < 4.78 is 0. The second-order valence-corrected chi connectivity index (χ2v) is 7.93. The molecule has 0 aliphatic carbocycles.